The minimum Gasteiger partial charge on any atom is -0.486 e. The van der Waals surface area contributed by atoms with Gasteiger partial charge < -0.3 is 19.5 Å². The van der Waals surface area contributed by atoms with Crippen molar-refractivity contribution in [2.45, 2.75) is 30.8 Å². The Balaban J connectivity index is 2.14. The second-order valence-electron chi connectivity index (χ2n) is 5.48. The third-order valence-corrected chi connectivity index (χ3v) is 4.03. The first kappa shape index (κ1) is 15.5. The van der Waals surface area contributed by atoms with Crippen LogP contribution in [-0.4, -0.2) is 38.7 Å². The Morgan fingerprint density at radius 2 is 1.90 bits per heavy atom. The lowest BCUT2D eigenvalue weighted by atomic mass is 10.1. The highest BCUT2D eigenvalue weighted by Gasteiger charge is 2.19. The lowest BCUT2D eigenvalue weighted by Crippen LogP contribution is -2.42. The maximum atomic E-state index is 5.66. The number of methoxy groups -OCH3 is 1. The van der Waals surface area contributed by atoms with Gasteiger partial charge in [-0.1, -0.05) is 0 Å². The molecule has 0 atom stereocenters. The second kappa shape index (κ2) is 6.70. The predicted octanol–water partition coefficient (Wildman–Crippen LogP) is 2.69. The monoisotopic (exact) mass is 297 g/mol. The molecule has 1 aliphatic rings. The molecule has 0 spiro atoms. The van der Waals surface area contributed by atoms with Crippen molar-refractivity contribution >= 4 is 11.8 Å². The number of hydrogen-bond donors (Lipinski definition) is 1. The topological polar surface area (TPSA) is 39.7 Å². The van der Waals surface area contributed by atoms with E-state index in [0.29, 0.717) is 19.8 Å². The summed E-state index contributed by atoms with van der Waals surface area (Å²) in [4.78, 5) is 1.22. The Morgan fingerprint density at radius 1 is 1.25 bits per heavy atom. The van der Waals surface area contributed by atoms with Crippen LogP contribution in [0.4, 0.5) is 0 Å². The minimum absolute atomic E-state index is 0.0578. The SMILES string of the molecule is COCC(C)(C)NCc1cc2c(cc1SC)OCCO2. The highest BCUT2D eigenvalue weighted by atomic mass is 32.2. The Bertz CT molecular complexity index is 463. The number of ether oxygens (including phenoxy) is 3. The minimum atomic E-state index is -0.0578. The van der Waals surface area contributed by atoms with Crippen molar-refractivity contribution < 1.29 is 14.2 Å². The molecular formula is C15H23NO3S. The second-order valence-corrected chi connectivity index (χ2v) is 6.33. The highest BCUT2D eigenvalue weighted by Crippen LogP contribution is 2.36. The van der Waals surface area contributed by atoms with Gasteiger partial charge in [-0.3, -0.25) is 0 Å². The van der Waals surface area contributed by atoms with Gasteiger partial charge in [0.15, 0.2) is 11.5 Å². The van der Waals surface area contributed by atoms with Crippen molar-refractivity contribution in [3.63, 3.8) is 0 Å². The van der Waals surface area contributed by atoms with Gasteiger partial charge in [0.1, 0.15) is 13.2 Å². The molecule has 112 valence electrons. The molecule has 1 heterocycles. The quantitative estimate of drug-likeness (QED) is 0.818. The Kier molecular flexibility index (Phi) is 5.18. The molecule has 1 aliphatic heterocycles. The van der Waals surface area contributed by atoms with Crippen molar-refractivity contribution in [3.05, 3.63) is 17.7 Å². The summed E-state index contributed by atoms with van der Waals surface area (Å²) in [6.07, 6.45) is 2.08. The van der Waals surface area contributed by atoms with Crippen LogP contribution in [0, 0.1) is 0 Å². The number of benzene rings is 1. The molecule has 1 N–H and O–H groups in total. The first-order valence-electron chi connectivity index (χ1n) is 6.76. The summed E-state index contributed by atoms with van der Waals surface area (Å²) in [6, 6.07) is 4.15. The molecule has 0 saturated heterocycles. The standard InChI is InChI=1S/C15H23NO3S/c1-15(2,10-17-3)16-9-11-7-12-13(8-14(11)20-4)19-6-5-18-12/h7-8,16H,5-6,9-10H2,1-4H3. The zero-order chi connectivity index (χ0) is 14.6. The fraction of sp³-hybridized carbons (Fsp3) is 0.600. The molecule has 0 unspecified atom stereocenters. The van der Waals surface area contributed by atoms with E-state index in [1.54, 1.807) is 18.9 Å². The fourth-order valence-corrected chi connectivity index (χ4v) is 2.80. The van der Waals surface area contributed by atoms with Crippen LogP contribution in [0.1, 0.15) is 19.4 Å². The van der Waals surface area contributed by atoms with Gasteiger partial charge in [0.2, 0.25) is 0 Å². The third-order valence-electron chi connectivity index (χ3n) is 3.21. The molecule has 0 amide bonds. The van der Waals surface area contributed by atoms with Gasteiger partial charge in [-0.05, 0) is 37.8 Å². The van der Waals surface area contributed by atoms with E-state index < -0.39 is 0 Å². The van der Waals surface area contributed by atoms with E-state index in [1.165, 1.54) is 10.5 Å². The summed E-state index contributed by atoms with van der Waals surface area (Å²) in [5.41, 5.74) is 1.17. The average Bonchev–Trinajstić information content (AvgIpc) is 2.44. The molecule has 20 heavy (non-hydrogen) atoms. The van der Waals surface area contributed by atoms with E-state index >= 15 is 0 Å². The van der Waals surface area contributed by atoms with Crippen molar-refractivity contribution in [1.82, 2.24) is 5.32 Å². The van der Waals surface area contributed by atoms with E-state index in [1.807, 2.05) is 0 Å². The van der Waals surface area contributed by atoms with Crippen LogP contribution in [-0.2, 0) is 11.3 Å². The van der Waals surface area contributed by atoms with Crippen LogP contribution >= 0.6 is 11.8 Å². The first-order chi connectivity index (χ1) is 9.55. The van der Waals surface area contributed by atoms with Crippen molar-refractivity contribution in [2.75, 3.05) is 33.2 Å². The van der Waals surface area contributed by atoms with Crippen molar-refractivity contribution in [1.29, 1.82) is 0 Å². The van der Waals surface area contributed by atoms with Crippen molar-refractivity contribution in [2.24, 2.45) is 0 Å². The van der Waals surface area contributed by atoms with E-state index in [9.17, 15) is 0 Å². The lowest BCUT2D eigenvalue weighted by Gasteiger charge is -2.27. The molecule has 1 aromatic carbocycles. The molecule has 5 heteroatoms. The summed E-state index contributed by atoms with van der Waals surface area (Å²) >= 11 is 1.73. The molecule has 0 saturated carbocycles. The summed E-state index contributed by atoms with van der Waals surface area (Å²) in [7, 11) is 1.72. The summed E-state index contributed by atoms with van der Waals surface area (Å²) < 4.78 is 16.5. The van der Waals surface area contributed by atoms with E-state index in [0.717, 1.165) is 18.0 Å². The predicted molar refractivity (Wildman–Crippen MR) is 82.0 cm³/mol. The van der Waals surface area contributed by atoms with Gasteiger partial charge in [-0.25, -0.2) is 0 Å². The summed E-state index contributed by atoms with van der Waals surface area (Å²) in [5.74, 6) is 1.69. The molecule has 0 radical (unpaired) electrons. The van der Waals surface area contributed by atoms with Crippen LogP contribution in [0.3, 0.4) is 0 Å². The van der Waals surface area contributed by atoms with Crippen LogP contribution in [0.15, 0.2) is 17.0 Å². The van der Waals surface area contributed by atoms with Crippen LogP contribution < -0.4 is 14.8 Å². The first-order valence-corrected chi connectivity index (χ1v) is 7.99. The van der Waals surface area contributed by atoms with Gasteiger partial charge >= 0.3 is 0 Å². The van der Waals surface area contributed by atoms with Gasteiger partial charge in [0.25, 0.3) is 0 Å². The zero-order valence-electron chi connectivity index (χ0n) is 12.6. The number of fused-ring (bicyclic) bond motifs is 1. The summed E-state index contributed by atoms with van der Waals surface area (Å²) in [6.45, 7) is 6.96. The maximum Gasteiger partial charge on any atom is 0.162 e. The normalized spacial score (nSPS) is 14.4. The van der Waals surface area contributed by atoms with Gasteiger partial charge in [0, 0.05) is 24.1 Å². The number of nitrogens with one attached hydrogen (secondary N) is 1. The Hall–Kier alpha value is -0.910. The van der Waals surface area contributed by atoms with E-state index in [2.05, 4.69) is 37.6 Å². The van der Waals surface area contributed by atoms with Gasteiger partial charge in [0.05, 0.1) is 6.61 Å². The highest BCUT2D eigenvalue weighted by molar-refractivity contribution is 7.98. The maximum absolute atomic E-state index is 5.66. The van der Waals surface area contributed by atoms with Crippen LogP contribution in [0.2, 0.25) is 0 Å². The Morgan fingerprint density at radius 3 is 2.50 bits per heavy atom. The summed E-state index contributed by atoms with van der Waals surface area (Å²) in [5, 5.41) is 3.52. The van der Waals surface area contributed by atoms with Gasteiger partial charge in [-0.2, -0.15) is 0 Å². The molecule has 0 fully saturated rings. The number of hydrogen-bond acceptors (Lipinski definition) is 5. The molecular weight excluding hydrogens is 274 g/mol. The van der Waals surface area contributed by atoms with Gasteiger partial charge in [-0.15, -0.1) is 11.8 Å². The zero-order valence-corrected chi connectivity index (χ0v) is 13.4. The fourth-order valence-electron chi connectivity index (χ4n) is 2.19. The molecule has 2 rings (SSSR count). The van der Waals surface area contributed by atoms with Crippen LogP contribution in [0.5, 0.6) is 11.5 Å². The molecule has 0 bridgehead atoms. The molecule has 1 aromatic rings. The van der Waals surface area contributed by atoms with E-state index in [-0.39, 0.29) is 5.54 Å². The molecule has 0 aliphatic carbocycles. The Labute approximate surface area is 125 Å². The lowest BCUT2D eigenvalue weighted by molar-refractivity contribution is 0.127. The van der Waals surface area contributed by atoms with Crippen LogP contribution in [0.25, 0.3) is 0 Å². The number of rotatable bonds is 6. The average molecular weight is 297 g/mol. The molecule has 0 aromatic heterocycles. The largest absolute Gasteiger partial charge is 0.486 e. The van der Waals surface area contributed by atoms with Crippen molar-refractivity contribution in [3.8, 4) is 11.5 Å². The smallest absolute Gasteiger partial charge is 0.162 e. The number of thioether (sulfide) groups is 1. The van der Waals surface area contributed by atoms with E-state index in [4.69, 9.17) is 14.2 Å². The molecule has 4 nitrogen and oxygen atoms in total. The third kappa shape index (κ3) is 3.81.